The summed E-state index contributed by atoms with van der Waals surface area (Å²) in [6.45, 7) is 4.91. The van der Waals surface area contributed by atoms with Crippen molar-refractivity contribution in [2.45, 2.75) is 19.3 Å². The Kier molecular flexibility index (Phi) is 4.83. The Morgan fingerprint density at radius 1 is 0.833 bits per heavy atom. The Hall–Kier alpha value is -1.76. The van der Waals surface area contributed by atoms with Crippen LogP contribution in [0.1, 0.15) is 24.0 Å². The zero-order chi connectivity index (χ0) is 12.6. The van der Waals surface area contributed by atoms with Gasteiger partial charge in [-0.2, -0.15) is 0 Å². The third kappa shape index (κ3) is 4.25. The summed E-state index contributed by atoms with van der Waals surface area (Å²) in [6, 6.07) is 18.9. The molecular weight excluding hydrogens is 218 g/mol. The molecule has 93 valence electrons. The minimum Gasteiger partial charge on any atom is -0.385 e. The molecule has 0 unspecified atom stereocenters. The molecule has 2 rings (SSSR count). The van der Waals surface area contributed by atoms with E-state index >= 15 is 0 Å². The second kappa shape index (κ2) is 6.85. The second-order valence-corrected chi connectivity index (χ2v) is 4.57. The van der Waals surface area contributed by atoms with Crippen molar-refractivity contribution in [3.63, 3.8) is 0 Å². The van der Waals surface area contributed by atoms with Crippen molar-refractivity contribution in [3.05, 3.63) is 72.6 Å². The van der Waals surface area contributed by atoms with Crippen molar-refractivity contribution >= 4 is 5.69 Å². The number of unbranched alkanes of at least 4 members (excludes halogenated alkanes) is 1. The van der Waals surface area contributed by atoms with Crippen LogP contribution in [0.3, 0.4) is 0 Å². The molecule has 1 heteroatoms. The number of hydrogen-bond acceptors (Lipinski definition) is 1. The number of aryl methyl sites for hydroxylation is 1. The fourth-order valence-electron chi connectivity index (χ4n) is 1.95. The summed E-state index contributed by atoms with van der Waals surface area (Å²) in [4.78, 5) is 0. The summed E-state index contributed by atoms with van der Waals surface area (Å²) in [7, 11) is 0. The molecular formula is C17H20N. The third-order valence-electron chi connectivity index (χ3n) is 3.02. The van der Waals surface area contributed by atoms with Gasteiger partial charge in [-0.1, -0.05) is 42.5 Å². The van der Waals surface area contributed by atoms with E-state index in [2.05, 4.69) is 54.7 Å². The topological polar surface area (TPSA) is 12.0 Å². The highest BCUT2D eigenvalue weighted by atomic mass is 14.9. The summed E-state index contributed by atoms with van der Waals surface area (Å²) < 4.78 is 0. The maximum atomic E-state index is 3.88. The smallest absolute Gasteiger partial charge is 0.0340 e. The van der Waals surface area contributed by atoms with Crippen molar-refractivity contribution in [1.82, 2.24) is 0 Å². The Labute approximate surface area is 110 Å². The van der Waals surface area contributed by atoms with E-state index in [4.69, 9.17) is 0 Å². The van der Waals surface area contributed by atoms with E-state index < -0.39 is 0 Å². The van der Waals surface area contributed by atoms with Gasteiger partial charge in [-0.15, -0.1) is 0 Å². The van der Waals surface area contributed by atoms with Gasteiger partial charge in [-0.3, -0.25) is 0 Å². The van der Waals surface area contributed by atoms with Crippen LogP contribution >= 0.6 is 0 Å². The first-order chi connectivity index (χ1) is 8.84. The summed E-state index contributed by atoms with van der Waals surface area (Å²) >= 11 is 0. The lowest BCUT2D eigenvalue weighted by Gasteiger charge is -2.06. The van der Waals surface area contributed by atoms with Crippen LogP contribution < -0.4 is 5.32 Å². The minimum atomic E-state index is 1.03. The van der Waals surface area contributed by atoms with Gasteiger partial charge in [0.05, 0.1) is 0 Å². The first-order valence-electron chi connectivity index (χ1n) is 6.54. The summed E-state index contributed by atoms with van der Waals surface area (Å²) in [5, 5.41) is 3.43. The van der Waals surface area contributed by atoms with Gasteiger partial charge in [0, 0.05) is 12.2 Å². The van der Waals surface area contributed by atoms with E-state index in [9.17, 15) is 0 Å². The lowest BCUT2D eigenvalue weighted by atomic mass is 10.1. The average molecular weight is 238 g/mol. The van der Waals surface area contributed by atoms with E-state index in [0.717, 1.165) is 12.1 Å². The summed E-state index contributed by atoms with van der Waals surface area (Å²) in [5.41, 5.74) is 3.67. The highest BCUT2D eigenvalue weighted by molar-refractivity contribution is 5.44. The molecule has 0 spiro atoms. The second-order valence-electron chi connectivity index (χ2n) is 4.57. The molecule has 0 saturated carbocycles. The fourth-order valence-corrected chi connectivity index (χ4v) is 1.95. The van der Waals surface area contributed by atoms with E-state index in [1.54, 1.807) is 0 Å². The molecule has 1 N–H and O–H groups in total. The standard InChI is InChI=1S/C17H20N/c1-15-10-12-17(13-11-15)18-14-6-5-9-16-7-3-2-4-8-16/h2-4,7-8,10-13,18H,1,5-6,9,14H2. The zero-order valence-electron chi connectivity index (χ0n) is 10.7. The van der Waals surface area contributed by atoms with E-state index in [0.29, 0.717) is 0 Å². The van der Waals surface area contributed by atoms with Gasteiger partial charge in [-0.05, 0) is 49.4 Å². The van der Waals surface area contributed by atoms with Gasteiger partial charge < -0.3 is 5.32 Å². The molecule has 0 aromatic heterocycles. The number of benzene rings is 2. The van der Waals surface area contributed by atoms with Crippen LogP contribution in [0.15, 0.2) is 54.6 Å². The summed E-state index contributed by atoms with van der Waals surface area (Å²) in [5.74, 6) is 0. The van der Waals surface area contributed by atoms with Crippen molar-refractivity contribution in [2.24, 2.45) is 0 Å². The monoisotopic (exact) mass is 238 g/mol. The largest absolute Gasteiger partial charge is 0.385 e. The molecule has 0 saturated heterocycles. The van der Waals surface area contributed by atoms with Crippen molar-refractivity contribution in [1.29, 1.82) is 0 Å². The van der Waals surface area contributed by atoms with Crippen LogP contribution in [-0.4, -0.2) is 6.54 Å². The van der Waals surface area contributed by atoms with Crippen LogP contribution in [-0.2, 0) is 6.42 Å². The zero-order valence-corrected chi connectivity index (χ0v) is 10.7. The summed E-state index contributed by atoms with van der Waals surface area (Å²) in [6.07, 6.45) is 3.59. The maximum absolute atomic E-state index is 3.88. The lowest BCUT2D eigenvalue weighted by molar-refractivity contribution is 0.763. The molecule has 2 aromatic carbocycles. The van der Waals surface area contributed by atoms with Crippen LogP contribution in [0.4, 0.5) is 5.69 Å². The Balaban J connectivity index is 1.63. The quantitative estimate of drug-likeness (QED) is 0.740. The Morgan fingerprint density at radius 3 is 2.28 bits per heavy atom. The van der Waals surface area contributed by atoms with Gasteiger partial charge in [0.2, 0.25) is 0 Å². The molecule has 18 heavy (non-hydrogen) atoms. The molecule has 1 radical (unpaired) electrons. The molecule has 0 fully saturated rings. The highest BCUT2D eigenvalue weighted by Crippen LogP contribution is 2.09. The van der Waals surface area contributed by atoms with Gasteiger partial charge in [0.1, 0.15) is 0 Å². The molecule has 0 bridgehead atoms. The molecule has 0 aliphatic rings. The number of hydrogen-bond donors (Lipinski definition) is 1. The van der Waals surface area contributed by atoms with Gasteiger partial charge in [0.25, 0.3) is 0 Å². The first-order valence-corrected chi connectivity index (χ1v) is 6.54. The highest BCUT2D eigenvalue weighted by Gasteiger charge is 1.93. The van der Waals surface area contributed by atoms with Gasteiger partial charge in [-0.25, -0.2) is 0 Å². The fraction of sp³-hybridized carbons (Fsp3) is 0.235. The number of rotatable bonds is 6. The number of nitrogens with one attached hydrogen (secondary N) is 1. The predicted octanol–water partition coefficient (Wildman–Crippen LogP) is 4.30. The van der Waals surface area contributed by atoms with Crippen LogP contribution in [0.2, 0.25) is 0 Å². The normalized spacial score (nSPS) is 10.3. The van der Waals surface area contributed by atoms with Crippen molar-refractivity contribution < 1.29 is 0 Å². The third-order valence-corrected chi connectivity index (χ3v) is 3.02. The Morgan fingerprint density at radius 2 is 1.56 bits per heavy atom. The van der Waals surface area contributed by atoms with Crippen molar-refractivity contribution in [2.75, 3.05) is 11.9 Å². The van der Waals surface area contributed by atoms with Gasteiger partial charge >= 0.3 is 0 Å². The molecule has 2 aromatic rings. The van der Waals surface area contributed by atoms with Crippen LogP contribution in [0.25, 0.3) is 0 Å². The van der Waals surface area contributed by atoms with E-state index in [-0.39, 0.29) is 0 Å². The molecule has 0 aliphatic carbocycles. The molecule has 0 amide bonds. The Bertz CT molecular complexity index is 445. The van der Waals surface area contributed by atoms with Gasteiger partial charge in [0.15, 0.2) is 0 Å². The molecule has 0 heterocycles. The first kappa shape index (κ1) is 12.7. The van der Waals surface area contributed by atoms with Crippen LogP contribution in [0, 0.1) is 6.92 Å². The van der Waals surface area contributed by atoms with E-state index in [1.807, 2.05) is 12.1 Å². The number of anilines is 1. The maximum Gasteiger partial charge on any atom is 0.0340 e. The predicted molar refractivity (Wildman–Crippen MR) is 78.8 cm³/mol. The van der Waals surface area contributed by atoms with Crippen molar-refractivity contribution in [3.8, 4) is 0 Å². The SMILES string of the molecule is [CH2]c1ccc(NCCCCc2ccccc2)cc1. The molecule has 0 aliphatic heterocycles. The minimum absolute atomic E-state index is 1.03. The molecule has 0 atom stereocenters. The van der Waals surface area contributed by atoms with E-state index in [1.165, 1.54) is 30.5 Å². The molecule has 1 nitrogen and oxygen atoms in total. The average Bonchev–Trinajstić information content (AvgIpc) is 2.42. The van der Waals surface area contributed by atoms with Crippen LogP contribution in [0.5, 0.6) is 0 Å². The lowest BCUT2D eigenvalue weighted by Crippen LogP contribution is -2.01.